The number of nitrogens with two attached hydrogens (primary N) is 1. The topological polar surface area (TPSA) is 43.1 Å². The average molecular weight is 195 g/mol. The lowest BCUT2D eigenvalue weighted by molar-refractivity contribution is 0.0979. The number of nitrogen functional groups attached to an aromatic ring is 1. The number of benzene rings is 1. The Labute approximate surface area is 82.9 Å². The van der Waals surface area contributed by atoms with Crippen molar-refractivity contribution in [2.24, 2.45) is 0 Å². The molecule has 0 saturated heterocycles. The van der Waals surface area contributed by atoms with Gasteiger partial charge in [0.1, 0.15) is 5.82 Å². The summed E-state index contributed by atoms with van der Waals surface area (Å²) in [5, 5.41) is 0. The first kappa shape index (κ1) is 10.7. The standard InChI is InChI=1S/C11H14FNO/c1-2-3-4-11(14)8-5-6-10(13)9(12)7-8/h5-7H,2-4,13H2,1H3. The van der Waals surface area contributed by atoms with Crippen LogP contribution in [-0.4, -0.2) is 5.78 Å². The third-order valence-electron chi connectivity index (χ3n) is 2.08. The van der Waals surface area contributed by atoms with E-state index in [1.165, 1.54) is 12.1 Å². The lowest BCUT2D eigenvalue weighted by atomic mass is 10.1. The van der Waals surface area contributed by atoms with Crippen LogP contribution in [0.3, 0.4) is 0 Å². The molecule has 0 radical (unpaired) electrons. The van der Waals surface area contributed by atoms with Crippen LogP contribution in [0.25, 0.3) is 0 Å². The van der Waals surface area contributed by atoms with Gasteiger partial charge >= 0.3 is 0 Å². The zero-order valence-electron chi connectivity index (χ0n) is 8.22. The van der Waals surface area contributed by atoms with Gasteiger partial charge < -0.3 is 5.73 Å². The molecule has 3 heteroatoms. The van der Waals surface area contributed by atoms with Crippen molar-refractivity contribution in [3.05, 3.63) is 29.6 Å². The molecule has 1 rings (SSSR count). The van der Waals surface area contributed by atoms with Gasteiger partial charge in [-0.1, -0.05) is 13.3 Å². The van der Waals surface area contributed by atoms with Crippen LogP contribution in [0.4, 0.5) is 10.1 Å². The number of hydrogen-bond acceptors (Lipinski definition) is 2. The monoisotopic (exact) mass is 195 g/mol. The average Bonchev–Trinajstić information content (AvgIpc) is 2.18. The number of ketones is 1. The summed E-state index contributed by atoms with van der Waals surface area (Å²) < 4.78 is 13.0. The van der Waals surface area contributed by atoms with E-state index >= 15 is 0 Å². The predicted octanol–water partition coefficient (Wildman–Crippen LogP) is 2.78. The van der Waals surface area contributed by atoms with E-state index in [1.54, 1.807) is 6.07 Å². The summed E-state index contributed by atoms with van der Waals surface area (Å²) in [5.74, 6) is -0.543. The van der Waals surface area contributed by atoms with E-state index in [0.29, 0.717) is 12.0 Å². The molecule has 0 heterocycles. The maximum absolute atomic E-state index is 13.0. The molecule has 0 bridgehead atoms. The highest BCUT2D eigenvalue weighted by Crippen LogP contribution is 2.14. The minimum Gasteiger partial charge on any atom is -0.396 e. The Morgan fingerprint density at radius 3 is 2.79 bits per heavy atom. The first-order valence-corrected chi connectivity index (χ1v) is 4.73. The highest BCUT2D eigenvalue weighted by atomic mass is 19.1. The summed E-state index contributed by atoms with van der Waals surface area (Å²) >= 11 is 0. The number of carbonyl (C=O) groups excluding carboxylic acids is 1. The van der Waals surface area contributed by atoms with E-state index < -0.39 is 5.82 Å². The van der Waals surface area contributed by atoms with Crippen LogP contribution in [0.15, 0.2) is 18.2 Å². The quantitative estimate of drug-likeness (QED) is 0.593. The zero-order valence-corrected chi connectivity index (χ0v) is 8.22. The van der Waals surface area contributed by atoms with Crippen molar-refractivity contribution in [1.29, 1.82) is 0 Å². The first-order valence-electron chi connectivity index (χ1n) is 4.73. The van der Waals surface area contributed by atoms with Crippen molar-refractivity contribution in [2.45, 2.75) is 26.2 Å². The van der Waals surface area contributed by atoms with Crippen LogP contribution in [0, 0.1) is 5.82 Å². The van der Waals surface area contributed by atoms with E-state index in [1.807, 2.05) is 6.92 Å². The maximum Gasteiger partial charge on any atom is 0.162 e. The molecule has 0 aliphatic carbocycles. The number of hydrogen-bond donors (Lipinski definition) is 1. The van der Waals surface area contributed by atoms with Crippen LogP contribution in [-0.2, 0) is 0 Å². The van der Waals surface area contributed by atoms with Gasteiger partial charge in [-0.3, -0.25) is 4.79 Å². The van der Waals surface area contributed by atoms with Crippen LogP contribution in [0.2, 0.25) is 0 Å². The SMILES string of the molecule is CCCCC(=O)c1ccc(N)c(F)c1. The lowest BCUT2D eigenvalue weighted by Gasteiger charge is -2.01. The van der Waals surface area contributed by atoms with Gasteiger partial charge in [0.2, 0.25) is 0 Å². The number of halogens is 1. The molecule has 0 unspecified atom stereocenters. The van der Waals surface area contributed by atoms with Gasteiger partial charge in [0.15, 0.2) is 5.78 Å². The van der Waals surface area contributed by atoms with Crippen molar-refractivity contribution in [3.63, 3.8) is 0 Å². The van der Waals surface area contributed by atoms with Crippen molar-refractivity contribution >= 4 is 11.5 Å². The van der Waals surface area contributed by atoms with Gasteiger partial charge in [0.25, 0.3) is 0 Å². The number of carbonyl (C=O) groups is 1. The van der Waals surface area contributed by atoms with E-state index in [9.17, 15) is 9.18 Å². The molecule has 1 aromatic rings. The van der Waals surface area contributed by atoms with Crippen molar-refractivity contribution < 1.29 is 9.18 Å². The van der Waals surface area contributed by atoms with E-state index in [-0.39, 0.29) is 11.5 Å². The van der Waals surface area contributed by atoms with Gasteiger partial charge in [-0.2, -0.15) is 0 Å². The molecule has 2 nitrogen and oxygen atoms in total. The van der Waals surface area contributed by atoms with E-state index in [0.717, 1.165) is 12.8 Å². The normalized spacial score (nSPS) is 10.1. The van der Waals surface area contributed by atoms with Crippen molar-refractivity contribution in [3.8, 4) is 0 Å². The summed E-state index contributed by atoms with van der Waals surface area (Å²) in [6, 6.07) is 4.19. The predicted molar refractivity (Wildman–Crippen MR) is 54.7 cm³/mol. The molecule has 0 spiro atoms. The molecule has 0 aromatic heterocycles. The summed E-state index contributed by atoms with van der Waals surface area (Å²) in [6.07, 6.45) is 2.27. The van der Waals surface area contributed by atoms with E-state index in [4.69, 9.17) is 5.73 Å². The summed E-state index contributed by atoms with van der Waals surface area (Å²) in [7, 11) is 0. The molecular formula is C11H14FNO. The Morgan fingerprint density at radius 1 is 1.50 bits per heavy atom. The summed E-state index contributed by atoms with van der Waals surface area (Å²) in [5.41, 5.74) is 5.79. The zero-order chi connectivity index (χ0) is 10.6. The van der Waals surface area contributed by atoms with Crippen LogP contribution < -0.4 is 5.73 Å². The molecule has 0 aliphatic rings. The van der Waals surface area contributed by atoms with Gasteiger partial charge in [-0.25, -0.2) is 4.39 Å². The number of anilines is 1. The molecule has 2 N–H and O–H groups in total. The van der Waals surface area contributed by atoms with Gasteiger partial charge in [0.05, 0.1) is 5.69 Å². The molecule has 76 valence electrons. The molecule has 1 aromatic carbocycles. The Balaban J connectivity index is 2.76. The summed E-state index contributed by atoms with van der Waals surface area (Å²) in [6.45, 7) is 2.01. The fraction of sp³-hybridized carbons (Fsp3) is 0.364. The minimum atomic E-state index is -0.521. The largest absolute Gasteiger partial charge is 0.396 e. The molecule has 0 amide bonds. The Bertz CT molecular complexity index is 336. The minimum absolute atomic E-state index is 0.0225. The third-order valence-corrected chi connectivity index (χ3v) is 2.08. The van der Waals surface area contributed by atoms with Crippen LogP contribution in [0.1, 0.15) is 36.5 Å². The first-order chi connectivity index (χ1) is 6.65. The second-order valence-electron chi connectivity index (χ2n) is 3.26. The fourth-order valence-corrected chi connectivity index (χ4v) is 1.18. The second kappa shape index (κ2) is 4.74. The number of Topliss-reactive ketones (excluding diaryl/α,β-unsaturated/α-hetero) is 1. The van der Waals surface area contributed by atoms with Crippen molar-refractivity contribution in [2.75, 3.05) is 5.73 Å². The fourth-order valence-electron chi connectivity index (χ4n) is 1.18. The highest BCUT2D eigenvalue weighted by Gasteiger charge is 2.07. The number of rotatable bonds is 4. The third kappa shape index (κ3) is 2.55. The molecule has 14 heavy (non-hydrogen) atoms. The molecule has 0 aliphatic heterocycles. The van der Waals surface area contributed by atoms with Crippen molar-refractivity contribution in [1.82, 2.24) is 0 Å². The highest BCUT2D eigenvalue weighted by molar-refractivity contribution is 5.96. The van der Waals surface area contributed by atoms with Gasteiger partial charge in [0, 0.05) is 12.0 Å². The smallest absolute Gasteiger partial charge is 0.162 e. The van der Waals surface area contributed by atoms with E-state index in [2.05, 4.69) is 0 Å². The van der Waals surface area contributed by atoms with Gasteiger partial charge in [-0.05, 0) is 24.6 Å². The molecule has 0 saturated carbocycles. The second-order valence-corrected chi connectivity index (χ2v) is 3.26. The van der Waals surface area contributed by atoms with Gasteiger partial charge in [-0.15, -0.1) is 0 Å². The molecule has 0 fully saturated rings. The summed E-state index contributed by atoms with van der Waals surface area (Å²) in [4.78, 5) is 11.5. The Morgan fingerprint density at radius 2 is 2.21 bits per heavy atom. The molecule has 0 atom stereocenters. The Hall–Kier alpha value is -1.38. The number of unbranched alkanes of at least 4 members (excludes halogenated alkanes) is 1. The Kier molecular flexibility index (Phi) is 3.63. The maximum atomic E-state index is 13.0. The lowest BCUT2D eigenvalue weighted by Crippen LogP contribution is -2.00. The van der Waals surface area contributed by atoms with Crippen LogP contribution >= 0.6 is 0 Å². The molecular weight excluding hydrogens is 181 g/mol. The van der Waals surface area contributed by atoms with Crippen LogP contribution in [0.5, 0.6) is 0 Å².